The van der Waals surface area contributed by atoms with Gasteiger partial charge in [0, 0.05) is 28.6 Å². The SMILES string of the molecule is Cc1[nH]nc2c1C(c1cc(C#CC3CC(NC(=O)C(C)(C)C)C3)cc(CO)c1)(C(C)C)C(C#N)=C(N)O2. The number of aryl methyl sites for hydroxylation is 1. The minimum Gasteiger partial charge on any atom is -0.420 e. The van der Waals surface area contributed by atoms with E-state index in [4.69, 9.17) is 10.5 Å². The van der Waals surface area contributed by atoms with Crippen LogP contribution in [0.1, 0.15) is 75.4 Å². The summed E-state index contributed by atoms with van der Waals surface area (Å²) in [5.41, 5.74) is 8.99. The molecular formula is C29H35N5O3. The molecule has 1 atom stereocenters. The Labute approximate surface area is 218 Å². The molecule has 194 valence electrons. The molecule has 0 bridgehead atoms. The summed E-state index contributed by atoms with van der Waals surface area (Å²) < 4.78 is 5.71. The van der Waals surface area contributed by atoms with Crippen molar-refractivity contribution >= 4 is 5.91 Å². The molecule has 1 unspecified atom stereocenters. The largest absolute Gasteiger partial charge is 0.420 e. The number of amides is 1. The van der Waals surface area contributed by atoms with Crippen LogP contribution in [0.25, 0.3) is 0 Å². The number of H-pyrrole nitrogens is 1. The standard InChI is InChI=1S/C29H35N5O3/c1-16(2)29(23(14-30)25(31)37-26-24(29)17(3)33-34-26)21-10-18(9-20(11-21)15-35)7-8-19-12-22(13-19)32-27(36)28(4,5)6/h9-11,16,19,22,35H,12-13,15,31H2,1-6H3,(H,32,36)(H,33,34). The normalized spacial score (nSPS) is 22.8. The molecule has 1 fully saturated rings. The van der Waals surface area contributed by atoms with Gasteiger partial charge in [-0.3, -0.25) is 9.89 Å². The first-order chi connectivity index (χ1) is 17.4. The van der Waals surface area contributed by atoms with Crippen LogP contribution in [0.5, 0.6) is 5.88 Å². The molecule has 4 rings (SSSR count). The summed E-state index contributed by atoms with van der Waals surface area (Å²) in [4.78, 5) is 12.2. The lowest BCUT2D eigenvalue weighted by atomic mass is 9.61. The summed E-state index contributed by atoms with van der Waals surface area (Å²) in [6, 6.07) is 8.17. The van der Waals surface area contributed by atoms with Crippen molar-refractivity contribution in [2.24, 2.45) is 23.0 Å². The number of aromatic nitrogens is 2. The van der Waals surface area contributed by atoms with Gasteiger partial charge in [0.2, 0.25) is 17.7 Å². The highest BCUT2D eigenvalue weighted by molar-refractivity contribution is 5.81. The van der Waals surface area contributed by atoms with E-state index in [1.54, 1.807) is 0 Å². The van der Waals surface area contributed by atoms with Crippen LogP contribution in [0.4, 0.5) is 0 Å². The van der Waals surface area contributed by atoms with Crippen LogP contribution >= 0.6 is 0 Å². The number of nitrogens with one attached hydrogen (secondary N) is 2. The van der Waals surface area contributed by atoms with Crippen LogP contribution < -0.4 is 15.8 Å². The van der Waals surface area contributed by atoms with E-state index in [2.05, 4.69) is 33.4 Å². The van der Waals surface area contributed by atoms with E-state index in [0.29, 0.717) is 17.0 Å². The van der Waals surface area contributed by atoms with Gasteiger partial charge in [0.15, 0.2) is 0 Å². The average Bonchev–Trinajstić information content (AvgIpc) is 3.18. The maximum atomic E-state index is 12.2. The zero-order chi connectivity index (χ0) is 27.1. The van der Waals surface area contributed by atoms with Crippen LogP contribution in [0.2, 0.25) is 0 Å². The summed E-state index contributed by atoms with van der Waals surface area (Å²) >= 11 is 0. The molecule has 8 nitrogen and oxygen atoms in total. The second kappa shape index (κ2) is 9.61. The highest BCUT2D eigenvalue weighted by Gasteiger charge is 2.50. The summed E-state index contributed by atoms with van der Waals surface area (Å²) in [6.07, 6.45) is 1.62. The van der Waals surface area contributed by atoms with Crippen molar-refractivity contribution in [3.63, 3.8) is 0 Å². The lowest BCUT2D eigenvalue weighted by molar-refractivity contribution is -0.130. The van der Waals surface area contributed by atoms with Crippen molar-refractivity contribution in [2.45, 2.75) is 72.4 Å². The third kappa shape index (κ3) is 4.58. The molecule has 0 saturated heterocycles. The molecule has 1 aliphatic heterocycles. The van der Waals surface area contributed by atoms with Crippen molar-refractivity contribution in [2.75, 3.05) is 0 Å². The number of nitriles is 1. The minimum absolute atomic E-state index is 0.0232. The number of carbonyl (C=O) groups excluding carboxylic acids is 1. The van der Waals surface area contributed by atoms with Crippen LogP contribution in [0, 0.1) is 47.3 Å². The Morgan fingerprint density at radius 1 is 1.35 bits per heavy atom. The summed E-state index contributed by atoms with van der Waals surface area (Å²) in [7, 11) is 0. The fourth-order valence-electron chi connectivity index (χ4n) is 5.29. The van der Waals surface area contributed by atoms with Crippen molar-refractivity contribution in [1.82, 2.24) is 15.5 Å². The number of carbonyl (C=O) groups is 1. The van der Waals surface area contributed by atoms with Gasteiger partial charge in [-0.1, -0.05) is 52.5 Å². The minimum atomic E-state index is -0.927. The summed E-state index contributed by atoms with van der Waals surface area (Å²) in [5.74, 6) is 7.13. The lowest BCUT2D eigenvalue weighted by Crippen LogP contribution is -2.47. The number of ether oxygens (including phenoxy) is 1. The van der Waals surface area contributed by atoms with E-state index in [1.165, 1.54) is 0 Å². The summed E-state index contributed by atoms with van der Waals surface area (Å²) in [5, 5.41) is 30.6. The Morgan fingerprint density at radius 3 is 2.65 bits per heavy atom. The Morgan fingerprint density at radius 2 is 2.05 bits per heavy atom. The van der Waals surface area contributed by atoms with Gasteiger partial charge in [0.1, 0.15) is 11.6 Å². The molecule has 5 N–H and O–H groups in total. The van der Waals surface area contributed by atoms with Gasteiger partial charge in [-0.25, -0.2) is 0 Å². The first-order valence-electron chi connectivity index (χ1n) is 12.6. The molecule has 8 heteroatoms. The van der Waals surface area contributed by atoms with Crippen LogP contribution in [-0.4, -0.2) is 27.3 Å². The highest BCUT2D eigenvalue weighted by atomic mass is 16.5. The predicted molar refractivity (Wildman–Crippen MR) is 140 cm³/mol. The zero-order valence-corrected chi connectivity index (χ0v) is 22.3. The molecule has 1 saturated carbocycles. The number of hydrogen-bond acceptors (Lipinski definition) is 6. The monoisotopic (exact) mass is 501 g/mol. The fraction of sp³-hybridized carbons (Fsp3) is 0.483. The van der Waals surface area contributed by atoms with E-state index in [-0.39, 0.29) is 36.3 Å². The number of nitrogens with two attached hydrogens (primary N) is 1. The second-order valence-electron chi connectivity index (χ2n) is 11.4. The Bertz CT molecular complexity index is 1360. The second-order valence-corrected chi connectivity index (χ2v) is 11.4. The number of aromatic amines is 1. The van der Waals surface area contributed by atoms with Crippen molar-refractivity contribution in [3.8, 4) is 23.8 Å². The molecule has 1 aromatic carbocycles. The first kappa shape index (κ1) is 26.3. The smallest absolute Gasteiger partial charge is 0.244 e. The van der Waals surface area contributed by atoms with Crippen molar-refractivity contribution in [3.05, 3.63) is 57.6 Å². The third-order valence-electron chi connectivity index (χ3n) is 7.34. The maximum Gasteiger partial charge on any atom is 0.244 e. The number of aliphatic hydroxyl groups is 1. The van der Waals surface area contributed by atoms with Gasteiger partial charge in [-0.2, -0.15) is 5.26 Å². The highest BCUT2D eigenvalue weighted by Crippen LogP contribution is 2.52. The molecule has 0 radical (unpaired) electrons. The molecule has 2 aliphatic rings. The number of aliphatic hydroxyl groups excluding tert-OH is 1. The predicted octanol–water partition coefficient (Wildman–Crippen LogP) is 3.53. The molecule has 1 aliphatic carbocycles. The third-order valence-corrected chi connectivity index (χ3v) is 7.34. The molecule has 2 heterocycles. The first-order valence-corrected chi connectivity index (χ1v) is 12.6. The van der Waals surface area contributed by atoms with E-state index in [9.17, 15) is 15.2 Å². The van der Waals surface area contributed by atoms with E-state index >= 15 is 0 Å². The van der Waals surface area contributed by atoms with E-state index < -0.39 is 10.8 Å². The Balaban J connectivity index is 1.72. The number of hydrogen-bond donors (Lipinski definition) is 4. The number of fused-ring (bicyclic) bond motifs is 1. The van der Waals surface area contributed by atoms with Gasteiger partial charge in [-0.15, -0.1) is 5.10 Å². The van der Waals surface area contributed by atoms with Gasteiger partial charge in [0.25, 0.3) is 0 Å². The number of rotatable bonds is 4. The average molecular weight is 502 g/mol. The molecule has 0 spiro atoms. The van der Waals surface area contributed by atoms with Crippen molar-refractivity contribution < 1.29 is 14.6 Å². The van der Waals surface area contributed by atoms with Crippen LogP contribution in [-0.2, 0) is 16.8 Å². The quantitative estimate of drug-likeness (QED) is 0.473. The van der Waals surface area contributed by atoms with E-state index in [1.807, 2.05) is 59.7 Å². The topological polar surface area (TPSA) is 137 Å². The molecule has 1 aromatic heterocycles. The Hall–Kier alpha value is -3.75. The number of nitrogens with zero attached hydrogens (tertiary/aromatic N) is 2. The van der Waals surface area contributed by atoms with Crippen molar-refractivity contribution in [1.29, 1.82) is 5.26 Å². The Kier molecular flexibility index (Phi) is 6.83. The number of benzene rings is 1. The van der Waals surface area contributed by atoms with E-state index in [0.717, 1.165) is 35.2 Å². The van der Waals surface area contributed by atoms with Crippen LogP contribution in [0.3, 0.4) is 0 Å². The maximum absolute atomic E-state index is 12.2. The lowest BCUT2D eigenvalue weighted by Gasteiger charge is -2.41. The van der Waals surface area contributed by atoms with Gasteiger partial charge in [0.05, 0.1) is 17.6 Å². The number of allylic oxidation sites excluding steroid dienone is 1. The molecular weight excluding hydrogens is 466 g/mol. The van der Waals surface area contributed by atoms with Gasteiger partial charge < -0.3 is 20.9 Å². The summed E-state index contributed by atoms with van der Waals surface area (Å²) in [6.45, 7) is 11.5. The van der Waals surface area contributed by atoms with Gasteiger partial charge >= 0.3 is 0 Å². The molecule has 2 aromatic rings. The fourth-order valence-corrected chi connectivity index (χ4v) is 5.29. The zero-order valence-electron chi connectivity index (χ0n) is 22.3. The van der Waals surface area contributed by atoms with Crippen LogP contribution in [0.15, 0.2) is 29.7 Å². The molecule has 1 amide bonds. The molecule has 37 heavy (non-hydrogen) atoms. The van der Waals surface area contributed by atoms with Gasteiger partial charge in [-0.05, 0) is 48.9 Å².